The number of nitrogens with one attached hydrogen (secondary N) is 2. The topological polar surface area (TPSA) is 101 Å². The van der Waals surface area contributed by atoms with Gasteiger partial charge in [0.05, 0.1) is 15.0 Å². The smallest absolute Gasteiger partial charge is 0.314 e. The predicted molar refractivity (Wildman–Crippen MR) is 91.8 cm³/mol. The number of nitrogens with zero attached hydrogens (tertiary/aromatic N) is 1. The van der Waals surface area contributed by atoms with Crippen LogP contribution in [0.5, 0.6) is 0 Å². The molecule has 0 aliphatic rings. The number of nitro benzene ring substituents is 1. The second kappa shape index (κ2) is 7.48. The van der Waals surface area contributed by atoms with E-state index in [4.69, 9.17) is 34.8 Å². The zero-order chi connectivity index (χ0) is 17.9. The molecule has 0 fully saturated rings. The highest BCUT2D eigenvalue weighted by molar-refractivity contribution is 6.44. The first-order valence-corrected chi connectivity index (χ1v) is 7.42. The standard InChI is InChI=1S/C14H8Cl3N3O4/c15-9-3-1-7(5-11(9)17)18-13(21)14(22)19-8-2-4-10(16)12(6-8)20(23)24/h1-6H,(H,18,21)(H,19,22). The monoisotopic (exact) mass is 387 g/mol. The summed E-state index contributed by atoms with van der Waals surface area (Å²) in [6.07, 6.45) is 0. The third-order valence-electron chi connectivity index (χ3n) is 2.78. The molecule has 0 atom stereocenters. The predicted octanol–water partition coefficient (Wildman–Crippen LogP) is 4.13. The van der Waals surface area contributed by atoms with Gasteiger partial charge in [0.25, 0.3) is 5.69 Å². The highest BCUT2D eigenvalue weighted by atomic mass is 35.5. The lowest BCUT2D eigenvalue weighted by atomic mass is 10.2. The molecular weight excluding hydrogens is 381 g/mol. The lowest BCUT2D eigenvalue weighted by Crippen LogP contribution is -2.29. The van der Waals surface area contributed by atoms with Crippen molar-refractivity contribution in [2.75, 3.05) is 10.6 Å². The molecule has 2 rings (SSSR count). The van der Waals surface area contributed by atoms with Gasteiger partial charge < -0.3 is 10.6 Å². The lowest BCUT2D eigenvalue weighted by molar-refractivity contribution is -0.384. The molecule has 0 saturated carbocycles. The van der Waals surface area contributed by atoms with Crippen LogP contribution in [-0.4, -0.2) is 16.7 Å². The van der Waals surface area contributed by atoms with Crippen LogP contribution < -0.4 is 10.6 Å². The number of carbonyl (C=O) groups excluding carboxylic acids is 2. The van der Waals surface area contributed by atoms with Crippen LogP contribution in [-0.2, 0) is 9.59 Å². The summed E-state index contributed by atoms with van der Waals surface area (Å²) in [6, 6.07) is 7.92. The Kier molecular flexibility index (Phi) is 5.61. The maximum atomic E-state index is 11.8. The quantitative estimate of drug-likeness (QED) is 0.469. The zero-order valence-corrected chi connectivity index (χ0v) is 13.9. The Morgan fingerprint density at radius 3 is 1.83 bits per heavy atom. The third kappa shape index (κ3) is 4.35. The highest BCUT2D eigenvalue weighted by Gasteiger charge is 2.18. The van der Waals surface area contributed by atoms with Gasteiger partial charge in [-0.2, -0.15) is 0 Å². The molecule has 7 nitrogen and oxygen atoms in total. The number of nitro groups is 1. The first kappa shape index (κ1) is 18.0. The van der Waals surface area contributed by atoms with Crippen LogP contribution in [0.25, 0.3) is 0 Å². The van der Waals surface area contributed by atoms with Gasteiger partial charge >= 0.3 is 11.8 Å². The molecule has 0 radical (unpaired) electrons. The molecule has 2 aromatic rings. The second-order valence-corrected chi connectivity index (χ2v) is 5.68. The number of hydrogen-bond donors (Lipinski definition) is 2. The van der Waals surface area contributed by atoms with Crippen molar-refractivity contribution < 1.29 is 14.5 Å². The fraction of sp³-hybridized carbons (Fsp3) is 0. The van der Waals surface area contributed by atoms with Crippen molar-refractivity contribution in [3.63, 3.8) is 0 Å². The molecule has 10 heteroatoms. The van der Waals surface area contributed by atoms with E-state index in [0.29, 0.717) is 5.02 Å². The normalized spacial score (nSPS) is 10.1. The van der Waals surface area contributed by atoms with Crippen LogP contribution in [0.15, 0.2) is 36.4 Å². The number of rotatable bonds is 3. The van der Waals surface area contributed by atoms with Crippen LogP contribution >= 0.6 is 34.8 Å². The first-order chi connectivity index (χ1) is 11.3. The van der Waals surface area contributed by atoms with Gasteiger partial charge in [-0.25, -0.2) is 0 Å². The Morgan fingerprint density at radius 2 is 1.33 bits per heavy atom. The number of hydrogen-bond acceptors (Lipinski definition) is 4. The number of halogens is 3. The van der Waals surface area contributed by atoms with Crippen molar-refractivity contribution >= 4 is 63.7 Å². The van der Waals surface area contributed by atoms with Gasteiger partial charge in [0.2, 0.25) is 0 Å². The Morgan fingerprint density at radius 1 is 0.833 bits per heavy atom. The minimum Gasteiger partial charge on any atom is -0.318 e. The molecule has 0 aromatic heterocycles. The first-order valence-electron chi connectivity index (χ1n) is 6.29. The SMILES string of the molecule is O=C(Nc1ccc(Cl)c(Cl)c1)C(=O)Nc1ccc(Cl)c([N+](=O)[O-])c1. The van der Waals surface area contributed by atoms with E-state index in [1.54, 1.807) is 0 Å². The Labute approximate surface area is 150 Å². The molecule has 0 bridgehead atoms. The van der Waals surface area contributed by atoms with Crippen LogP contribution in [0.1, 0.15) is 0 Å². The molecule has 2 N–H and O–H groups in total. The van der Waals surface area contributed by atoms with Crippen LogP contribution in [0.4, 0.5) is 17.1 Å². The van der Waals surface area contributed by atoms with Crippen LogP contribution in [0.2, 0.25) is 15.1 Å². The molecule has 2 aromatic carbocycles. The van der Waals surface area contributed by atoms with E-state index in [9.17, 15) is 19.7 Å². The molecule has 0 aliphatic carbocycles. The van der Waals surface area contributed by atoms with Crippen molar-refractivity contribution in [1.29, 1.82) is 0 Å². The lowest BCUT2D eigenvalue weighted by Gasteiger charge is -2.07. The Balaban J connectivity index is 2.09. The van der Waals surface area contributed by atoms with Crippen molar-refractivity contribution in [3.8, 4) is 0 Å². The second-order valence-electron chi connectivity index (χ2n) is 4.46. The van der Waals surface area contributed by atoms with Gasteiger partial charge in [0, 0.05) is 17.4 Å². The summed E-state index contributed by atoms with van der Waals surface area (Å²) in [5, 5.41) is 15.8. The van der Waals surface area contributed by atoms with E-state index in [1.807, 2.05) is 0 Å². The fourth-order valence-electron chi connectivity index (χ4n) is 1.68. The van der Waals surface area contributed by atoms with E-state index < -0.39 is 16.7 Å². The summed E-state index contributed by atoms with van der Waals surface area (Å²) in [7, 11) is 0. The number of benzene rings is 2. The maximum Gasteiger partial charge on any atom is 0.314 e. The average molecular weight is 389 g/mol. The van der Waals surface area contributed by atoms with Crippen molar-refractivity contribution in [2.45, 2.75) is 0 Å². The molecule has 0 saturated heterocycles. The van der Waals surface area contributed by atoms with Gasteiger partial charge in [-0.05, 0) is 30.3 Å². The Hall–Kier alpha value is -2.35. The summed E-state index contributed by atoms with van der Waals surface area (Å²) in [5.74, 6) is -2.00. The maximum absolute atomic E-state index is 11.8. The van der Waals surface area contributed by atoms with Crippen molar-refractivity contribution in [3.05, 3.63) is 61.6 Å². The average Bonchev–Trinajstić information content (AvgIpc) is 2.52. The van der Waals surface area contributed by atoms with Crippen LogP contribution in [0.3, 0.4) is 0 Å². The molecule has 0 unspecified atom stereocenters. The van der Waals surface area contributed by atoms with E-state index in [1.165, 1.54) is 30.3 Å². The fourth-order valence-corrected chi connectivity index (χ4v) is 2.16. The molecular formula is C14H8Cl3N3O4. The highest BCUT2D eigenvalue weighted by Crippen LogP contribution is 2.27. The molecule has 0 spiro atoms. The molecule has 0 heterocycles. The molecule has 0 aliphatic heterocycles. The van der Waals surface area contributed by atoms with E-state index in [-0.39, 0.29) is 27.1 Å². The van der Waals surface area contributed by atoms with Gasteiger partial charge in [0.15, 0.2) is 0 Å². The van der Waals surface area contributed by atoms with Gasteiger partial charge in [-0.15, -0.1) is 0 Å². The van der Waals surface area contributed by atoms with Crippen LogP contribution in [0, 0.1) is 10.1 Å². The minimum absolute atomic E-state index is 0.0559. The largest absolute Gasteiger partial charge is 0.318 e. The molecule has 24 heavy (non-hydrogen) atoms. The molecule has 2 amide bonds. The number of anilines is 2. The summed E-state index contributed by atoms with van der Waals surface area (Å²) in [6.45, 7) is 0. The van der Waals surface area contributed by atoms with E-state index in [0.717, 1.165) is 6.07 Å². The van der Waals surface area contributed by atoms with Crippen molar-refractivity contribution in [1.82, 2.24) is 0 Å². The zero-order valence-electron chi connectivity index (χ0n) is 11.7. The number of amides is 2. The van der Waals surface area contributed by atoms with E-state index >= 15 is 0 Å². The summed E-state index contributed by atoms with van der Waals surface area (Å²) in [5.41, 5.74) is -0.0635. The third-order valence-corrected chi connectivity index (χ3v) is 3.84. The minimum atomic E-state index is -1.02. The summed E-state index contributed by atoms with van der Waals surface area (Å²) < 4.78 is 0. The van der Waals surface area contributed by atoms with Crippen molar-refractivity contribution in [2.24, 2.45) is 0 Å². The van der Waals surface area contributed by atoms with Gasteiger partial charge in [-0.3, -0.25) is 19.7 Å². The Bertz CT molecular complexity index is 842. The van der Waals surface area contributed by atoms with Gasteiger partial charge in [0.1, 0.15) is 5.02 Å². The van der Waals surface area contributed by atoms with Gasteiger partial charge in [-0.1, -0.05) is 34.8 Å². The van der Waals surface area contributed by atoms with E-state index in [2.05, 4.69) is 10.6 Å². The molecule has 124 valence electrons. The summed E-state index contributed by atoms with van der Waals surface area (Å²) in [4.78, 5) is 33.8. The number of carbonyl (C=O) groups is 2. The summed E-state index contributed by atoms with van der Waals surface area (Å²) >= 11 is 17.2.